The molecule has 0 spiro atoms. The third-order valence-electron chi connectivity index (χ3n) is 6.78. The van der Waals surface area contributed by atoms with Crippen LogP contribution in [0.1, 0.15) is 108 Å². The molecule has 162 valence electrons. The molecule has 2 aliphatic rings. The van der Waals surface area contributed by atoms with Crippen LogP contribution < -0.4 is 4.74 Å². The lowest BCUT2D eigenvalue weighted by Gasteiger charge is -2.27. The lowest BCUT2D eigenvalue weighted by atomic mass is 9.84. The summed E-state index contributed by atoms with van der Waals surface area (Å²) in [7, 11) is 0. The zero-order chi connectivity index (χ0) is 20.3. The highest BCUT2D eigenvalue weighted by molar-refractivity contribution is 5.75. The Morgan fingerprint density at radius 3 is 2.24 bits per heavy atom. The molecular formula is C26H40O3. The molecule has 0 aromatic heterocycles. The molecule has 0 saturated heterocycles. The molecule has 0 aliphatic heterocycles. The number of rotatable bonds is 10. The molecule has 1 aromatic carbocycles. The Kier molecular flexibility index (Phi) is 9.53. The van der Waals surface area contributed by atoms with Gasteiger partial charge in [0.25, 0.3) is 0 Å². The van der Waals surface area contributed by atoms with Crippen molar-refractivity contribution in [2.24, 2.45) is 5.92 Å². The van der Waals surface area contributed by atoms with Crippen molar-refractivity contribution in [1.82, 2.24) is 0 Å². The molecule has 0 radical (unpaired) electrons. The number of benzene rings is 1. The van der Waals surface area contributed by atoms with Crippen LogP contribution in [0.5, 0.6) is 5.75 Å². The number of carbonyl (C=O) groups is 1. The van der Waals surface area contributed by atoms with Crippen molar-refractivity contribution in [1.29, 1.82) is 0 Å². The van der Waals surface area contributed by atoms with Crippen molar-refractivity contribution in [3.05, 3.63) is 29.8 Å². The molecule has 1 aromatic rings. The molecule has 2 saturated carbocycles. The molecule has 0 amide bonds. The van der Waals surface area contributed by atoms with E-state index in [9.17, 15) is 4.79 Å². The second-order valence-corrected chi connectivity index (χ2v) is 9.08. The number of hydrogen-bond acceptors (Lipinski definition) is 3. The van der Waals surface area contributed by atoms with Gasteiger partial charge in [0.1, 0.15) is 5.75 Å². The highest BCUT2D eigenvalue weighted by Crippen LogP contribution is 2.33. The van der Waals surface area contributed by atoms with Crippen molar-refractivity contribution in [3.63, 3.8) is 0 Å². The second kappa shape index (κ2) is 12.4. The van der Waals surface area contributed by atoms with Crippen LogP contribution in [0, 0.1) is 5.92 Å². The molecule has 3 heteroatoms. The van der Waals surface area contributed by atoms with Crippen LogP contribution in [-0.4, -0.2) is 18.7 Å². The topological polar surface area (TPSA) is 35.5 Å². The summed E-state index contributed by atoms with van der Waals surface area (Å²) in [5, 5.41) is 0. The Balaban J connectivity index is 1.34. The Hall–Kier alpha value is -1.35. The van der Waals surface area contributed by atoms with E-state index in [1.54, 1.807) is 0 Å². The first-order chi connectivity index (χ1) is 14.3. The van der Waals surface area contributed by atoms with Crippen LogP contribution >= 0.6 is 0 Å². The van der Waals surface area contributed by atoms with E-state index in [4.69, 9.17) is 9.47 Å². The minimum Gasteiger partial charge on any atom is -0.426 e. The molecule has 0 bridgehead atoms. The van der Waals surface area contributed by atoms with E-state index in [1.807, 2.05) is 12.1 Å². The summed E-state index contributed by atoms with van der Waals surface area (Å²) in [6.07, 6.45) is 17.1. The van der Waals surface area contributed by atoms with Crippen molar-refractivity contribution < 1.29 is 14.3 Å². The van der Waals surface area contributed by atoms with Gasteiger partial charge in [0.15, 0.2) is 0 Å². The third-order valence-corrected chi connectivity index (χ3v) is 6.78. The van der Waals surface area contributed by atoms with Crippen molar-refractivity contribution in [2.45, 2.75) is 109 Å². The van der Waals surface area contributed by atoms with Crippen molar-refractivity contribution in [2.75, 3.05) is 6.61 Å². The van der Waals surface area contributed by atoms with Gasteiger partial charge in [-0.3, -0.25) is 4.79 Å². The van der Waals surface area contributed by atoms with Crippen molar-refractivity contribution in [3.8, 4) is 5.75 Å². The quantitative estimate of drug-likeness (QED) is 0.237. The van der Waals surface area contributed by atoms with E-state index >= 15 is 0 Å². The van der Waals surface area contributed by atoms with Gasteiger partial charge in [0, 0.05) is 6.61 Å². The number of carbonyl (C=O) groups excluding carboxylic acids is 1. The number of esters is 1. The van der Waals surface area contributed by atoms with E-state index < -0.39 is 0 Å². The lowest BCUT2D eigenvalue weighted by Crippen LogP contribution is -2.29. The molecule has 2 aliphatic carbocycles. The zero-order valence-corrected chi connectivity index (χ0v) is 18.4. The van der Waals surface area contributed by atoms with E-state index in [1.165, 1.54) is 69.8 Å². The van der Waals surface area contributed by atoms with Gasteiger partial charge in [0.2, 0.25) is 0 Å². The first-order valence-electron chi connectivity index (χ1n) is 12.2. The standard InChI is InChI=1S/C26H40O3/c1-2-3-4-5-9-20-28-24-16-14-23(15-17-24)26(27)29-25-18-12-22(13-19-25)21-10-7-6-8-11-21/h12-13,18-19,21,23-24H,2-11,14-17,20H2,1H3. The molecule has 2 fully saturated rings. The number of hydrogen-bond donors (Lipinski definition) is 0. The average Bonchev–Trinajstić information content (AvgIpc) is 2.78. The van der Waals surface area contributed by atoms with E-state index in [0.717, 1.165) is 32.3 Å². The minimum atomic E-state index is -0.0616. The maximum atomic E-state index is 12.6. The van der Waals surface area contributed by atoms with Crippen LogP contribution in [0.2, 0.25) is 0 Å². The molecule has 3 rings (SSSR count). The summed E-state index contributed by atoms with van der Waals surface area (Å²) < 4.78 is 11.7. The van der Waals surface area contributed by atoms with Gasteiger partial charge in [-0.1, -0.05) is 64.0 Å². The molecular weight excluding hydrogens is 360 g/mol. The first-order valence-corrected chi connectivity index (χ1v) is 12.2. The Morgan fingerprint density at radius 2 is 1.55 bits per heavy atom. The summed E-state index contributed by atoms with van der Waals surface area (Å²) in [6, 6.07) is 8.28. The van der Waals surface area contributed by atoms with Gasteiger partial charge >= 0.3 is 5.97 Å². The maximum Gasteiger partial charge on any atom is 0.314 e. The predicted octanol–water partition coefficient (Wildman–Crippen LogP) is 7.19. The average molecular weight is 401 g/mol. The normalized spacial score (nSPS) is 23.1. The monoisotopic (exact) mass is 400 g/mol. The largest absolute Gasteiger partial charge is 0.426 e. The van der Waals surface area contributed by atoms with Crippen molar-refractivity contribution >= 4 is 5.97 Å². The summed E-state index contributed by atoms with van der Waals surface area (Å²) in [5.74, 6) is 1.35. The van der Waals surface area contributed by atoms with Gasteiger partial charge < -0.3 is 9.47 Å². The number of ether oxygens (including phenoxy) is 2. The second-order valence-electron chi connectivity index (χ2n) is 9.08. The van der Waals surface area contributed by atoms with Gasteiger partial charge in [0.05, 0.1) is 12.0 Å². The van der Waals surface area contributed by atoms with Gasteiger partial charge in [-0.2, -0.15) is 0 Å². The maximum absolute atomic E-state index is 12.6. The van der Waals surface area contributed by atoms with Gasteiger partial charge in [-0.15, -0.1) is 0 Å². The molecule has 3 nitrogen and oxygen atoms in total. The minimum absolute atomic E-state index is 0.0254. The summed E-state index contributed by atoms with van der Waals surface area (Å²) in [4.78, 5) is 12.6. The van der Waals surface area contributed by atoms with Gasteiger partial charge in [-0.25, -0.2) is 0 Å². The van der Waals surface area contributed by atoms with Crippen LogP contribution in [-0.2, 0) is 9.53 Å². The van der Waals surface area contributed by atoms with E-state index in [0.29, 0.717) is 17.8 Å². The van der Waals surface area contributed by atoms with Crippen LogP contribution in [0.3, 0.4) is 0 Å². The highest BCUT2D eigenvalue weighted by Gasteiger charge is 2.28. The summed E-state index contributed by atoms with van der Waals surface area (Å²) in [6.45, 7) is 3.11. The Morgan fingerprint density at radius 1 is 0.862 bits per heavy atom. The summed E-state index contributed by atoms with van der Waals surface area (Å²) >= 11 is 0. The fourth-order valence-corrected chi connectivity index (χ4v) is 4.86. The fraction of sp³-hybridized carbons (Fsp3) is 0.731. The van der Waals surface area contributed by atoms with Crippen LogP contribution in [0.15, 0.2) is 24.3 Å². The summed E-state index contributed by atoms with van der Waals surface area (Å²) in [5.41, 5.74) is 1.40. The molecule has 0 atom stereocenters. The zero-order valence-electron chi connectivity index (χ0n) is 18.4. The third kappa shape index (κ3) is 7.44. The predicted molar refractivity (Wildman–Crippen MR) is 118 cm³/mol. The highest BCUT2D eigenvalue weighted by atomic mass is 16.5. The Labute approximate surface area is 177 Å². The van der Waals surface area contributed by atoms with E-state index in [-0.39, 0.29) is 11.9 Å². The molecule has 0 unspecified atom stereocenters. The fourth-order valence-electron chi connectivity index (χ4n) is 4.86. The molecule has 0 heterocycles. The van der Waals surface area contributed by atoms with Gasteiger partial charge in [-0.05, 0) is 68.6 Å². The first kappa shape index (κ1) is 22.3. The molecule has 0 N–H and O–H groups in total. The SMILES string of the molecule is CCCCCCCOC1CCC(C(=O)Oc2ccc(C3CCCCC3)cc2)CC1. The van der Waals surface area contributed by atoms with E-state index in [2.05, 4.69) is 19.1 Å². The number of unbranched alkanes of at least 4 members (excludes halogenated alkanes) is 4. The van der Waals surface area contributed by atoms with Crippen LogP contribution in [0.4, 0.5) is 0 Å². The smallest absolute Gasteiger partial charge is 0.314 e. The molecule has 29 heavy (non-hydrogen) atoms. The Bertz CT molecular complexity index is 580. The van der Waals surface area contributed by atoms with Crippen LogP contribution in [0.25, 0.3) is 0 Å². The lowest BCUT2D eigenvalue weighted by molar-refractivity contribution is -0.141.